The molecule has 4 heteroatoms. The summed E-state index contributed by atoms with van der Waals surface area (Å²) in [6.07, 6.45) is 1.03. The topological polar surface area (TPSA) is 32.3 Å². The van der Waals surface area contributed by atoms with Gasteiger partial charge in [0.25, 0.3) is 5.91 Å². The SMILES string of the molecule is Cc1ccc(C(=O)N2CCCNCC2)cc1Br. The Labute approximate surface area is 110 Å². The number of nitrogens with one attached hydrogen (secondary N) is 1. The number of rotatable bonds is 1. The van der Waals surface area contributed by atoms with Crippen LogP contribution < -0.4 is 5.32 Å². The Morgan fingerprint density at radius 2 is 2.18 bits per heavy atom. The Bertz CT molecular complexity index is 412. The Morgan fingerprint density at radius 1 is 1.35 bits per heavy atom. The fraction of sp³-hybridized carbons (Fsp3) is 0.462. The molecule has 0 saturated carbocycles. The summed E-state index contributed by atoms with van der Waals surface area (Å²) in [6.45, 7) is 5.55. The monoisotopic (exact) mass is 296 g/mol. The number of carbonyl (C=O) groups excluding carboxylic acids is 1. The van der Waals surface area contributed by atoms with Gasteiger partial charge < -0.3 is 10.2 Å². The van der Waals surface area contributed by atoms with Crippen molar-refractivity contribution in [1.29, 1.82) is 0 Å². The Kier molecular flexibility index (Phi) is 4.18. The third kappa shape index (κ3) is 3.07. The standard InChI is InChI=1S/C13H17BrN2O/c1-10-3-4-11(9-12(10)14)13(17)16-7-2-5-15-6-8-16/h3-4,9,15H,2,5-8H2,1H3. The summed E-state index contributed by atoms with van der Waals surface area (Å²) in [6, 6.07) is 5.80. The molecular weight excluding hydrogens is 280 g/mol. The van der Waals surface area contributed by atoms with Gasteiger partial charge in [-0.2, -0.15) is 0 Å². The molecule has 17 heavy (non-hydrogen) atoms. The summed E-state index contributed by atoms with van der Waals surface area (Å²) >= 11 is 3.47. The molecule has 0 atom stereocenters. The van der Waals surface area contributed by atoms with Gasteiger partial charge >= 0.3 is 0 Å². The van der Waals surface area contributed by atoms with Crippen LogP contribution in [0.1, 0.15) is 22.3 Å². The van der Waals surface area contributed by atoms with Crippen LogP contribution in [-0.4, -0.2) is 37.0 Å². The zero-order valence-corrected chi connectivity index (χ0v) is 11.6. The van der Waals surface area contributed by atoms with E-state index < -0.39 is 0 Å². The van der Waals surface area contributed by atoms with Gasteiger partial charge in [-0.25, -0.2) is 0 Å². The summed E-state index contributed by atoms with van der Waals surface area (Å²) in [4.78, 5) is 14.2. The number of carbonyl (C=O) groups is 1. The molecule has 1 N–H and O–H groups in total. The maximum absolute atomic E-state index is 12.3. The lowest BCUT2D eigenvalue weighted by atomic mass is 10.1. The number of nitrogens with zero attached hydrogens (tertiary/aromatic N) is 1. The van der Waals surface area contributed by atoms with Gasteiger partial charge in [0.2, 0.25) is 0 Å². The highest BCUT2D eigenvalue weighted by molar-refractivity contribution is 9.10. The van der Waals surface area contributed by atoms with Gasteiger partial charge in [0, 0.05) is 29.7 Å². The molecule has 0 spiro atoms. The Hall–Kier alpha value is -0.870. The van der Waals surface area contributed by atoms with Gasteiger partial charge in [-0.1, -0.05) is 22.0 Å². The molecule has 0 aliphatic carbocycles. The molecule has 0 unspecified atom stereocenters. The number of hydrogen-bond donors (Lipinski definition) is 1. The first-order chi connectivity index (χ1) is 8.18. The van der Waals surface area contributed by atoms with E-state index >= 15 is 0 Å². The molecule has 3 nitrogen and oxygen atoms in total. The van der Waals surface area contributed by atoms with E-state index in [9.17, 15) is 4.79 Å². The van der Waals surface area contributed by atoms with E-state index in [2.05, 4.69) is 21.2 Å². The molecule has 1 heterocycles. The molecule has 1 aromatic carbocycles. The van der Waals surface area contributed by atoms with Crippen molar-refractivity contribution >= 4 is 21.8 Å². The maximum Gasteiger partial charge on any atom is 0.253 e. The van der Waals surface area contributed by atoms with Crippen molar-refractivity contribution < 1.29 is 4.79 Å². The van der Waals surface area contributed by atoms with Crippen LogP contribution >= 0.6 is 15.9 Å². The highest BCUT2D eigenvalue weighted by Crippen LogP contribution is 2.18. The number of benzene rings is 1. The first-order valence-electron chi connectivity index (χ1n) is 5.94. The van der Waals surface area contributed by atoms with Crippen LogP contribution in [0.15, 0.2) is 22.7 Å². The number of amides is 1. The average molecular weight is 297 g/mol. The second-order valence-corrected chi connectivity index (χ2v) is 5.21. The van der Waals surface area contributed by atoms with E-state index in [1.54, 1.807) is 0 Å². The van der Waals surface area contributed by atoms with E-state index in [0.717, 1.165) is 48.2 Å². The highest BCUT2D eigenvalue weighted by Gasteiger charge is 2.17. The smallest absolute Gasteiger partial charge is 0.253 e. The summed E-state index contributed by atoms with van der Waals surface area (Å²) in [5.41, 5.74) is 1.92. The quantitative estimate of drug-likeness (QED) is 0.862. The van der Waals surface area contributed by atoms with Crippen LogP contribution in [0, 0.1) is 6.92 Å². The molecule has 1 saturated heterocycles. The number of halogens is 1. The Morgan fingerprint density at radius 3 is 2.94 bits per heavy atom. The summed E-state index contributed by atoms with van der Waals surface area (Å²) in [5.74, 6) is 0.134. The van der Waals surface area contributed by atoms with Crippen molar-refractivity contribution in [1.82, 2.24) is 10.2 Å². The minimum Gasteiger partial charge on any atom is -0.337 e. The molecule has 1 amide bonds. The lowest BCUT2D eigenvalue weighted by Gasteiger charge is -2.20. The molecule has 92 valence electrons. The predicted molar refractivity (Wildman–Crippen MR) is 72.3 cm³/mol. The number of aryl methyl sites for hydroxylation is 1. The van der Waals surface area contributed by atoms with Crippen LogP contribution in [0.4, 0.5) is 0 Å². The predicted octanol–water partition coefficient (Wildman–Crippen LogP) is 2.19. The molecule has 1 aliphatic rings. The normalized spacial score (nSPS) is 16.7. The van der Waals surface area contributed by atoms with Crippen molar-refractivity contribution in [3.63, 3.8) is 0 Å². The zero-order chi connectivity index (χ0) is 12.3. The van der Waals surface area contributed by atoms with E-state index in [1.165, 1.54) is 0 Å². The third-order valence-corrected chi connectivity index (χ3v) is 3.90. The van der Waals surface area contributed by atoms with E-state index in [0.29, 0.717) is 0 Å². The summed E-state index contributed by atoms with van der Waals surface area (Å²) in [5, 5.41) is 3.30. The van der Waals surface area contributed by atoms with Crippen molar-refractivity contribution in [3.8, 4) is 0 Å². The average Bonchev–Trinajstić information content (AvgIpc) is 2.60. The van der Waals surface area contributed by atoms with E-state index in [-0.39, 0.29) is 5.91 Å². The van der Waals surface area contributed by atoms with Gasteiger partial charge in [-0.3, -0.25) is 4.79 Å². The van der Waals surface area contributed by atoms with Crippen molar-refractivity contribution in [2.45, 2.75) is 13.3 Å². The van der Waals surface area contributed by atoms with Gasteiger partial charge in [0.1, 0.15) is 0 Å². The maximum atomic E-state index is 12.3. The van der Waals surface area contributed by atoms with E-state index in [1.807, 2.05) is 30.0 Å². The summed E-state index contributed by atoms with van der Waals surface area (Å²) < 4.78 is 0.997. The summed E-state index contributed by atoms with van der Waals surface area (Å²) in [7, 11) is 0. The molecular formula is C13H17BrN2O. The van der Waals surface area contributed by atoms with Gasteiger partial charge in [-0.15, -0.1) is 0 Å². The van der Waals surface area contributed by atoms with Crippen LogP contribution in [-0.2, 0) is 0 Å². The first kappa shape index (κ1) is 12.6. The van der Waals surface area contributed by atoms with Gasteiger partial charge in [0.15, 0.2) is 0 Å². The molecule has 1 aromatic rings. The second kappa shape index (κ2) is 5.65. The molecule has 0 radical (unpaired) electrons. The minimum absolute atomic E-state index is 0.134. The van der Waals surface area contributed by atoms with Crippen molar-refractivity contribution in [3.05, 3.63) is 33.8 Å². The van der Waals surface area contributed by atoms with Crippen LogP contribution in [0.5, 0.6) is 0 Å². The molecule has 0 bridgehead atoms. The van der Waals surface area contributed by atoms with Gasteiger partial charge in [-0.05, 0) is 37.6 Å². The van der Waals surface area contributed by atoms with Crippen molar-refractivity contribution in [2.24, 2.45) is 0 Å². The number of hydrogen-bond acceptors (Lipinski definition) is 2. The second-order valence-electron chi connectivity index (χ2n) is 4.36. The molecule has 1 fully saturated rings. The van der Waals surface area contributed by atoms with Crippen molar-refractivity contribution in [2.75, 3.05) is 26.2 Å². The lowest BCUT2D eigenvalue weighted by Crippen LogP contribution is -2.34. The largest absolute Gasteiger partial charge is 0.337 e. The minimum atomic E-state index is 0.134. The zero-order valence-electron chi connectivity index (χ0n) is 10.0. The fourth-order valence-electron chi connectivity index (χ4n) is 1.96. The van der Waals surface area contributed by atoms with Crippen LogP contribution in [0.3, 0.4) is 0 Å². The molecule has 1 aliphatic heterocycles. The van der Waals surface area contributed by atoms with Gasteiger partial charge in [0.05, 0.1) is 0 Å². The highest BCUT2D eigenvalue weighted by atomic mass is 79.9. The fourth-order valence-corrected chi connectivity index (χ4v) is 2.34. The van der Waals surface area contributed by atoms with Crippen LogP contribution in [0.2, 0.25) is 0 Å². The van der Waals surface area contributed by atoms with Crippen LogP contribution in [0.25, 0.3) is 0 Å². The molecule has 0 aromatic heterocycles. The first-order valence-corrected chi connectivity index (χ1v) is 6.74. The third-order valence-electron chi connectivity index (χ3n) is 3.05. The van der Waals surface area contributed by atoms with E-state index in [4.69, 9.17) is 0 Å². The Balaban J connectivity index is 2.14. The molecule has 2 rings (SSSR count). The lowest BCUT2D eigenvalue weighted by molar-refractivity contribution is 0.0766.